The van der Waals surface area contributed by atoms with Crippen LogP contribution in [0.4, 0.5) is 10.2 Å². The van der Waals surface area contributed by atoms with Crippen molar-refractivity contribution < 1.29 is 14.3 Å². The number of carboxylic acids is 1. The lowest BCUT2D eigenvalue weighted by molar-refractivity contribution is -0.141. The van der Waals surface area contributed by atoms with E-state index < -0.39 is 5.97 Å². The number of allylic oxidation sites excluding steroid dienone is 2. The smallest absolute Gasteiger partial charge is 0.306 e. The van der Waals surface area contributed by atoms with Crippen LogP contribution in [-0.4, -0.2) is 30.8 Å². The molecule has 0 spiro atoms. The fourth-order valence-corrected chi connectivity index (χ4v) is 3.80. The molecule has 1 atom stereocenters. The minimum absolute atomic E-state index is 0.269. The molecule has 1 aromatic carbocycles. The van der Waals surface area contributed by atoms with Crippen LogP contribution < -0.4 is 5.32 Å². The number of benzene rings is 1. The normalized spacial score (nSPS) is 16.5. The number of hydrogen-bond donors (Lipinski definition) is 2. The number of anilines is 1. The van der Waals surface area contributed by atoms with Crippen molar-refractivity contribution in [2.45, 2.75) is 39.2 Å². The number of hydrogen-bond acceptors (Lipinski definition) is 5. The number of aryl methyl sites for hydroxylation is 2. The molecule has 0 aliphatic heterocycles. The predicted octanol–water partition coefficient (Wildman–Crippen LogP) is 3.95. The van der Waals surface area contributed by atoms with Crippen molar-refractivity contribution in [3.05, 3.63) is 53.2 Å². The molecule has 2 heterocycles. The van der Waals surface area contributed by atoms with Crippen molar-refractivity contribution >= 4 is 28.4 Å². The Balaban J connectivity index is 1.71. The molecular weight excluding hydrogens is 385 g/mol. The number of carboxylic acid groups (broad SMARTS) is 1. The Morgan fingerprint density at radius 1 is 1.30 bits per heavy atom. The topological polar surface area (TPSA) is 92.9 Å². The Morgan fingerprint density at radius 3 is 2.70 bits per heavy atom. The van der Waals surface area contributed by atoms with E-state index in [9.17, 15) is 14.3 Å². The molecule has 4 rings (SSSR count). The zero-order valence-corrected chi connectivity index (χ0v) is 17.0. The molecule has 0 saturated carbocycles. The summed E-state index contributed by atoms with van der Waals surface area (Å²) in [7, 11) is 1.86. The van der Waals surface area contributed by atoms with Gasteiger partial charge < -0.3 is 10.4 Å². The third-order valence-corrected chi connectivity index (χ3v) is 5.51. The second kappa shape index (κ2) is 8.22. The number of halogens is 1. The number of rotatable bonds is 6. The fourth-order valence-electron chi connectivity index (χ4n) is 3.80. The number of aliphatic carboxylic acids is 1. The highest BCUT2D eigenvalue weighted by Crippen LogP contribution is 2.32. The van der Waals surface area contributed by atoms with Gasteiger partial charge in [-0.3, -0.25) is 4.79 Å². The maximum absolute atomic E-state index is 13.2. The molecule has 1 unspecified atom stereocenters. The zero-order chi connectivity index (χ0) is 21.3. The fraction of sp³-hybridized carbons (Fsp3) is 0.364. The van der Waals surface area contributed by atoms with E-state index in [-0.39, 0.29) is 11.7 Å². The molecule has 156 valence electrons. The van der Waals surface area contributed by atoms with Crippen molar-refractivity contribution in [3.8, 4) is 0 Å². The van der Waals surface area contributed by atoms with Crippen LogP contribution in [0.1, 0.15) is 43.3 Å². The summed E-state index contributed by atoms with van der Waals surface area (Å²) >= 11 is 0. The summed E-state index contributed by atoms with van der Waals surface area (Å²) in [5.41, 5.74) is 3.54. The van der Waals surface area contributed by atoms with Crippen LogP contribution in [-0.2, 0) is 24.8 Å². The third-order valence-electron chi connectivity index (χ3n) is 5.51. The van der Waals surface area contributed by atoms with E-state index in [0.29, 0.717) is 37.4 Å². The van der Waals surface area contributed by atoms with Gasteiger partial charge in [0.15, 0.2) is 11.5 Å². The van der Waals surface area contributed by atoms with E-state index in [4.69, 9.17) is 9.97 Å². The molecule has 7 nitrogen and oxygen atoms in total. The first-order chi connectivity index (χ1) is 14.5. The first-order valence-electron chi connectivity index (χ1n) is 10.1. The maximum atomic E-state index is 13.2. The molecule has 1 aliphatic rings. The van der Waals surface area contributed by atoms with Crippen molar-refractivity contribution in [1.82, 2.24) is 19.7 Å². The van der Waals surface area contributed by atoms with Gasteiger partial charge in [-0.1, -0.05) is 25.1 Å². The molecule has 0 bridgehead atoms. The minimum Gasteiger partial charge on any atom is -0.481 e. The van der Waals surface area contributed by atoms with Gasteiger partial charge in [-0.2, -0.15) is 5.10 Å². The molecule has 8 heteroatoms. The van der Waals surface area contributed by atoms with E-state index in [1.165, 1.54) is 12.1 Å². The first kappa shape index (κ1) is 20.0. The lowest BCUT2D eigenvalue weighted by atomic mass is 9.89. The first-order valence-corrected chi connectivity index (χ1v) is 10.1. The van der Waals surface area contributed by atoms with Gasteiger partial charge in [0.2, 0.25) is 0 Å². The quantitative estimate of drug-likeness (QED) is 0.640. The Morgan fingerprint density at radius 2 is 2.07 bits per heavy atom. The minimum atomic E-state index is -0.762. The van der Waals surface area contributed by atoms with Crippen LogP contribution in [0.3, 0.4) is 0 Å². The van der Waals surface area contributed by atoms with Gasteiger partial charge in [-0.15, -0.1) is 0 Å². The highest BCUT2D eigenvalue weighted by molar-refractivity contribution is 5.90. The summed E-state index contributed by atoms with van der Waals surface area (Å²) in [4.78, 5) is 20.8. The molecule has 0 amide bonds. The van der Waals surface area contributed by atoms with E-state index in [2.05, 4.69) is 10.4 Å². The van der Waals surface area contributed by atoms with Crippen LogP contribution in [0.2, 0.25) is 0 Å². The molecular formula is C22H24FN5O2. The SMILES string of the molecule is CCc1nn(C)c2nc(C3=CCC(C(=O)O)CC3)nc(NCc3ccc(F)cc3)c12. The number of nitrogens with one attached hydrogen (secondary N) is 1. The van der Waals surface area contributed by atoms with E-state index in [0.717, 1.165) is 34.3 Å². The van der Waals surface area contributed by atoms with Crippen molar-refractivity contribution in [2.75, 3.05) is 5.32 Å². The van der Waals surface area contributed by atoms with Crippen LogP contribution in [0.25, 0.3) is 16.6 Å². The predicted molar refractivity (Wildman–Crippen MR) is 112 cm³/mol. The van der Waals surface area contributed by atoms with Gasteiger partial charge in [0.1, 0.15) is 11.6 Å². The largest absolute Gasteiger partial charge is 0.481 e. The monoisotopic (exact) mass is 409 g/mol. The molecule has 2 N–H and O–H groups in total. The second-order valence-corrected chi connectivity index (χ2v) is 7.54. The molecule has 3 aromatic rings. The molecule has 30 heavy (non-hydrogen) atoms. The lowest BCUT2D eigenvalue weighted by Gasteiger charge is -2.18. The zero-order valence-electron chi connectivity index (χ0n) is 17.0. The average Bonchev–Trinajstić information content (AvgIpc) is 3.09. The molecule has 0 saturated heterocycles. The number of nitrogens with zero attached hydrogens (tertiary/aromatic N) is 4. The average molecular weight is 409 g/mol. The van der Waals surface area contributed by atoms with Crippen LogP contribution in [0, 0.1) is 11.7 Å². The highest BCUT2D eigenvalue weighted by atomic mass is 19.1. The van der Waals surface area contributed by atoms with Gasteiger partial charge in [-0.05, 0) is 49.0 Å². The van der Waals surface area contributed by atoms with Crippen molar-refractivity contribution in [1.29, 1.82) is 0 Å². The van der Waals surface area contributed by atoms with Crippen molar-refractivity contribution in [2.24, 2.45) is 13.0 Å². The summed E-state index contributed by atoms with van der Waals surface area (Å²) in [5.74, 6) is -0.0986. The van der Waals surface area contributed by atoms with Gasteiger partial charge in [0.05, 0.1) is 17.0 Å². The van der Waals surface area contributed by atoms with Crippen LogP contribution in [0.5, 0.6) is 0 Å². The van der Waals surface area contributed by atoms with E-state index in [1.54, 1.807) is 16.8 Å². The third kappa shape index (κ3) is 3.90. The van der Waals surface area contributed by atoms with E-state index in [1.807, 2.05) is 20.0 Å². The summed E-state index contributed by atoms with van der Waals surface area (Å²) in [6, 6.07) is 6.35. The maximum Gasteiger partial charge on any atom is 0.306 e. The van der Waals surface area contributed by atoms with Crippen LogP contribution >= 0.6 is 0 Å². The number of aromatic nitrogens is 4. The molecule has 1 aliphatic carbocycles. The Kier molecular flexibility index (Phi) is 5.48. The Hall–Kier alpha value is -3.29. The Labute approximate surface area is 173 Å². The summed E-state index contributed by atoms with van der Waals surface area (Å²) in [6.07, 6.45) is 4.36. The lowest BCUT2D eigenvalue weighted by Crippen LogP contribution is -2.16. The van der Waals surface area contributed by atoms with Crippen LogP contribution in [0.15, 0.2) is 30.3 Å². The highest BCUT2D eigenvalue weighted by Gasteiger charge is 2.24. The second-order valence-electron chi connectivity index (χ2n) is 7.54. The Bertz CT molecular complexity index is 1120. The van der Waals surface area contributed by atoms with Crippen molar-refractivity contribution in [3.63, 3.8) is 0 Å². The van der Waals surface area contributed by atoms with Gasteiger partial charge in [0, 0.05) is 13.6 Å². The van der Waals surface area contributed by atoms with Gasteiger partial charge in [0.25, 0.3) is 0 Å². The van der Waals surface area contributed by atoms with Gasteiger partial charge >= 0.3 is 5.97 Å². The van der Waals surface area contributed by atoms with Gasteiger partial charge in [-0.25, -0.2) is 19.0 Å². The molecule has 0 fully saturated rings. The molecule has 0 radical (unpaired) electrons. The number of carbonyl (C=O) groups is 1. The molecule has 2 aromatic heterocycles. The van der Waals surface area contributed by atoms with E-state index >= 15 is 0 Å². The standard InChI is InChI=1S/C22H24FN5O2/c1-3-17-18-20(24-12-13-4-10-16(23)11-5-13)25-19(26-21(18)28(2)27-17)14-6-8-15(9-7-14)22(29)30/h4-6,10-11,15H,3,7-9,12H2,1-2H3,(H,29,30)(H,24,25,26). The number of fused-ring (bicyclic) bond motifs is 1. The summed E-state index contributed by atoms with van der Waals surface area (Å²) in [5, 5.41) is 18.1. The summed E-state index contributed by atoms with van der Waals surface area (Å²) in [6.45, 7) is 2.53. The summed E-state index contributed by atoms with van der Waals surface area (Å²) < 4.78 is 15.0.